The molecule has 0 saturated heterocycles. The highest BCUT2D eigenvalue weighted by atomic mass is 32.1. The van der Waals surface area contributed by atoms with Gasteiger partial charge in [-0.05, 0) is 35.7 Å². The molecule has 1 aliphatic rings. The third kappa shape index (κ3) is 2.17. The number of hydrogen-bond acceptors (Lipinski definition) is 5. The van der Waals surface area contributed by atoms with Gasteiger partial charge in [0.2, 0.25) is 0 Å². The molecular formula is C16H12N2O3S. The van der Waals surface area contributed by atoms with E-state index in [1.807, 2.05) is 35.7 Å². The van der Waals surface area contributed by atoms with Gasteiger partial charge in [0, 0.05) is 6.42 Å². The standard InChI is InChI=1S/C16H12N2O3S/c19-16(15-6-3-9-22-15)18-12(14-5-2-8-21-14)10-11(17-18)13-4-1-7-20-13/h1-9,12H,10H2/t12-/m1/s1. The first-order valence-corrected chi connectivity index (χ1v) is 7.73. The fraction of sp³-hybridized carbons (Fsp3) is 0.125. The number of furan rings is 2. The molecule has 0 radical (unpaired) electrons. The van der Waals surface area contributed by atoms with Crippen molar-refractivity contribution in [3.05, 3.63) is 70.7 Å². The second-order valence-corrected chi connectivity index (χ2v) is 5.83. The monoisotopic (exact) mass is 312 g/mol. The predicted molar refractivity (Wildman–Crippen MR) is 81.8 cm³/mol. The summed E-state index contributed by atoms with van der Waals surface area (Å²) in [6.45, 7) is 0. The molecule has 1 aliphatic heterocycles. The van der Waals surface area contributed by atoms with Crippen LogP contribution in [0.5, 0.6) is 0 Å². The Kier molecular flexibility index (Phi) is 3.16. The Labute approximate surface area is 130 Å². The van der Waals surface area contributed by atoms with E-state index in [9.17, 15) is 4.79 Å². The number of carbonyl (C=O) groups is 1. The highest BCUT2D eigenvalue weighted by molar-refractivity contribution is 7.12. The van der Waals surface area contributed by atoms with Crippen LogP contribution in [0.4, 0.5) is 0 Å². The second kappa shape index (κ2) is 5.31. The molecule has 0 spiro atoms. The molecule has 6 heteroatoms. The zero-order valence-electron chi connectivity index (χ0n) is 11.5. The summed E-state index contributed by atoms with van der Waals surface area (Å²) in [5, 5.41) is 7.84. The van der Waals surface area contributed by atoms with Crippen molar-refractivity contribution in [2.45, 2.75) is 12.5 Å². The summed E-state index contributed by atoms with van der Waals surface area (Å²) < 4.78 is 10.9. The van der Waals surface area contributed by atoms with E-state index in [1.165, 1.54) is 16.3 Å². The van der Waals surface area contributed by atoms with Crippen LogP contribution in [-0.4, -0.2) is 16.6 Å². The van der Waals surface area contributed by atoms with Gasteiger partial charge in [0.1, 0.15) is 23.3 Å². The lowest BCUT2D eigenvalue weighted by atomic mass is 10.1. The van der Waals surface area contributed by atoms with Crippen LogP contribution in [0.3, 0.4) is 0 Å². The maximum atomic E-state index is 12.7. The zero-order chi connectivity index (χ0) is 14.9. The summed E-state index contributed by atoms with van der Waals surface area (Å²) in [6.07, 6.45) is 3.77. The third-order valence-electron chi connectivity index (χ3n) is 3.53. The number of thiophene rings is 1. The van der Waals surface area contributed by atoms with Gasteiger partial charge in [0.05, 0.1) is 17.4 Å². The topological polar surface area (TPSA) is 59.0 Å². The van der Waals surface area contributed by atoms with Crippen LogP contribution in [0, 0.1) is 0 Å². The van der Waals surface area contributed by atoms with Gasteiger partial charge >= 0.3 is 0 Å². The maximum absolute atomic E-state index is 12.7. The predicted octanol–water partition coefficient (Wildman–Crippen LogP) is 3.93. The molecule has 4 heterocycles. The van der Waals surface area contributed by atoms with Crippen molar-refractivity contribution in [3.8, 4) is 0 Å². The van der Waals surface area contributed by atoms with Gasteiger partial charge in [-0.3, -0.25) is 4.79 Å². The molecule has 3 aromatic heterocycles. The van der Waals surface area contributed by atoms with E-state index in [2.05, 4.69) is 5.10 Å². The average Bonchev–Trinajstić information content (AvgIpc) is 3.35. The van der Waals surface area contributed by atoms with Crippen molar-refractivity contribution in [1.82, 2.24) is 5.01 Å². The summed E-state index contributed by atoms with van der Waals surface area (Å²) in [6, 6.07) is 10.7. The molecule has 4 rings (SSSR count). The van der Waals surface area contributed by atoms with E-state index in [0.717, 1.165) is 11.5 Å². The normalized spacial score (nSPS) is 17.7. The smallest absolute Gasteiger partial charge is 0.284 e. The molecule has 0 N–H and O–H groups in total. The van der Waals surface area contributed by atoms with Crippen LogP contribution in [0.1, 0.15) is 33.7 Å². The van der Waals surface area contributed by atoms with E-state index in [1.54, 1.807) is 18.6 Å². The molecule has 0 saturated carbocycles. The van der Waals surface area contributed by atoms with Crippen LogP contribution >= 0.6 is 11.3 Å². The Bertz CT molecular complexity index is 789. The number of amides is 1. The molecule has 0 aromatic carbocycles. The molecule has 22 heavy (non-hydrogen) atoms. The number of hydrogen-bond donors (Lipinski definition) is 0. The number of hydrazone groups is 1. The van der Waals surface area contributed by atoms with Gasteiger partial charge in [0.25, 0.3) is 5.91 Å². The minimum atomic E-state index is -0.246. The Morgan fingerprint density at radius 2 is 2.05 bits per heavy atom. The highest BCUT2D eigenvalue weighted by Crippen LogP contribution is 2.34. The first-order valence-electron chi connectivity index (χ1n) is 6.85. The number of rotatable bonds is 3. The highest BCUT2D eigenvalue weighted by Gasteiger charge is 2.36. The summed E-state index contributed by atoms with van der Waals surface area (Å²) in [5.41, 5.74) is 0.747. The molecule has 5 nitrogen and oxygen atoms in total. The van der Waals surface area contributed by atoms with Crippen LogP contribution < -0.4 is 0 Å². The molecule has 1 amide bonds. The minimum absolute atomic E-state index is 0.127. The Hall–Kier alpha value is -2.60. The summed E-state index contributed by atoms with van der Waals surface area (Å²) >= 11 is 1.40. The third-order valence-corrected chi connectivity index (χ3v) is 4.39. The maximum Gasteiger partial charge on any atom is 0.284 e. The Morgan fingerprint density at radius 3 is 2.73 bits per heavy atom. The number of carbonyl (C=O) groups excluding carboxylic acids is 1. The van der Waals surface area contributed by atoms with Crippen molar-refractivity contribution in [2.24, 2.45) is 5.10 Å². The fourth-order valence-electron chi connectivity index (χ4n) is 2.50. The first-order chi connectivity index (χ1) is 10.8. The molecule has 110 valence electrons. The SMILES string of the molecule is O=C(c1cccs1)N1N=C(c2ccco2)C[C@@H]1c1ccco1. The van der Waals surface area contributed by atoms with Gasteiger partial charge in [-0.2, -0.15) is 5.10 Å². The Balaban J connectivity index is 1.71. The van der Waals surface area contributed by atoms with Crippen molar-refractivity contribution in [1.29, 1.82) is 0 Å². The van der Waals surface area contributed by atoms with E-state index in [4.69, 9.17) is 8.83 Å². The van der Waals surface area contributed by atoms with Crippen molar-refractivity contribution >= 4 is 23.0 Å². The Morgan fingerprint density at radius 1 is 1.18 bits per heavy atom. The van der Waals surface area contributed by atoms with Crippen LogP contribution in [0.25, 0.3) is 0 Å². The van der Waals surface area contributed by atoms with E-state index in [-0.39, 0.29) is 11.9 Å². The second-order valence-electron chi connectivity index (χ2n) is 4.89. The number of nitrogens with zero attached hydrogens (tertiary/aromatic N) is 2. The first kappa shape index (κ1) is 13.1. The summed E-state index contributed by atoms with van der Waals surface area (Å²) in [4.78, 5) is 13.3. The van der Waals surface area contributed by atoms with Gasteiger partial charge < -0.3 is 8.83 Å². The quantitative estimate of drug-likeness (QED) is 0.736. The molecule has 0 fully saturated rings. The molecule has 0 unspecified atom stereocenters. The zero-order valence-corrected chi connectivity index (χ0v) is 12.3. The molecule has 1 atom stereocenters. The molecule has 0 bridgehead atoms. The lowest BCUT2D eigenvalue weighted by molar-refractivity contribution is 0.0698. The van der Waals surface area contributed by atoms with Gasteiger partial charge in [-0.15, -0.1) is 11.3 Å². The van der Waals surface area contributed by atoms with E-state index in [0.29, 0.717) is 17.1 Å². The van der Waals surface area contributed by atoms with Gasteiger partial charge in [-0.1, -0.05) is 6.07 Å². The largest absolute Gasteiger partial charge is 0.467 e. The van der Waals surface area contributed by atoms with Gasteiger partial charge in [0.15, 0.2) is 0 Å². The van der Waals surface area contributed by atoms with Crippen LogP contribution in [-0.2, 0) is 0 Å². The molecular weight excluding hydrogens is 300 g/mol. The van der Waals surface area contributed by atoms with Crippen LogP contribution in [0.2, 0.25) is 0 Å². The average molecular weight is 312 g/mol. The van der Waals surface area contributed by atoms with Gasteiger partial charge in [-0.25, -0.2) is 5.01 Å². The fourth-order valence-corrected chi connectivity index (χ4v) is 3.16. The van der Waals surface area contributed by atoms with E-state index >= 15 is 0 Å². The lowest BCUT2D eigenvalue weighted by Crippen LogP contribution is -2.26. The lowest BCUT2D eigenvalue weighted by Gasteiger charge is -2.18. The minimum Gasteiger partial charge on any atom is -0.467 e. The van der Waals surface area contributed by atoms with Crippen molar-refractivity contribution < 1.29 is 13.6 Å². The molecule has 3 aromatic rings. The summed E-state index contributed by atoms with van der Waals surface area (Å²) in [7, 11) is 0. The van der Waals surface area contributed by atoms with E-state index < -0.39 is 0 Å². The summed E-state index contributed by atoms with van der Waals surface area (Å²) in [5.74, 6) is 1.27. The van der Waals surface area contributed by atoms with Crippen molar-refractivity contribution in [3.63, 3.8) is 0 Å². The van der Waals surface area contributed by atoms with Crippen molar-refractivity contribution in [2.75, 3.05) is 0 Å². The van der Waals surface area contributed by atoms with Crippen LogP contribution in [0.15, 0.2) is 68.2 Å². The molecule has 0 aliphatic carbocycles.